The van der Waals surface area contributed by atoms with Gasteiger partial charge in [0.25, 0.3) is 5.56 Å². The number of anilines is 2. The molecule has 0 amide bonds. The second-order valence-corrected chi connectivity index (χ2v) is 6.90. The molecular formula is C24H18N2O4. The molecule has 1 aromatic heterocycles. The van der Waals surface area contributed by atoms with Crippen LogP contribution in [0.2, 0.25) is 0 Å². The lowest BCUT2D eigenvalue weighted by molar-refractivity contribution is 0.0696. The van der Waals surface area contributed by atoms with Gasteiger partial charge >= 0.3 is 5.97 Å². The number of aryl methyl sites for hydroxylation is 1. The molecule has 30 heavy (non-hydrogen) atoms. The highest BCUT2D eigenvalue weighted by Crippen LogP contribution is 2.28. The molecule has 0 aliphatic heterocycles. The Morgan fingerprint density at radius 2 is 1.50 bits per heavy atom. The van der Waals surface area contributed by atoms with Gasteiger partial charge in [-0.3, -0.25) is 9.59 Å². The van der Waals surface area contributed by atoms with Crippen molar-refractivity contribution in [2.45, 2.75) is 6.92 Å². The molecule has 1 heterocycles. The first-order valence-corrected chi connectivity index (χ1v) is 9.31. The normalized spacial score (nSPS) is 10.7. The van der Waals surface area contributed by atoms with Gasteiger partial charge in [0.2, 0.25) is 0 Å². The summed E-state index contributed by atoms with van der Waals surface area (Å²) in [5, 5.41) is 13.1. The van der Waals surface area contributed by atoms with Gasteiger partial charge < -0.3 is 15.4 Å². The molecule has 6 heteroatoms. The molecular weight excluding hydrogens is 380 g/mol. The first kappa shape index (κ1) is 19.1. The van der Waals surface area contributed by atoms with Crippen LogP contribution in [-0.2, 0) is 0 Å². The Hall–Kier alpha value is -4.19. The molecule has 4 aromatic rings. The van der Waals surface area contributed by atoms with E-state index in [4.69, 9.17) is 5.11 Å². The average Bonchev–Trinajstić information content (AvgIpc) is 2.74. The number of H-pyrrole nitrogens is 1. The molecule has 6 nitrogen and oxygen atoms in total. The Labute approximate surface area is 171 Å². The van der Waals surface area contributed by atoms with Crippen molar-refractivity contribution in [2.24, 2.45) is 0 Å². The van der Waals surface area contributed by atoms with Crippen molar-refractivity contribution in [1.82, 2.24) is 4.98 Å². The molecule has 0 radical (unpaired) electrons. The van der Waals surface area contributed by atoms with Crippen LogP contribution in [0.25, 0.3) is 10.8 Å². The first-order valence-electron chi connectivity index (χ1n) is 9.31. The van der Waals surface area contributed by atoms with Gasteiger partial charge in [0, 0.05) is 22.0 Å². The van der Waals surface area contributed by atoms with Crippen molar-refractivity contribution in [2.75, 3.05) is 5.32 Å². The average molecular weight is 398 g/mol. The Balaban J connectivity index is 1.90. The fourth-order valence-electron chi connectivity index (χ4n) is 3.41. The number of carbonyl (C=O) groups excluding carboxylic acids is 1. The summed E-state index contributed by atoms with van der Waals surface area (Å²) in [7, 11) is 0. The highest BCUT2D eigenvalue weighted by atomic mass is 16.4. The zero-order chi connectivity index (χ0) is 21.3. The number of fused-ring (bicyclic) bond motifs is 1. The van der Waals surface area contributed by atoms with Gasteiger partial charge in [-0.25, -0.2) is 4.79 Å². The van der Waals surface area contributed by atoms with Gasteiger partial charge in [-0.05, 0) is 42.8 Å². The van der Waals surface area contributed by atoms with Gasteiger partial charge in [-0.1, -0.05) is 42.5 Å². The number of nitrogens with one attached hydrogen (secondary N) is 2. The van der Waals surface area contributed by atoms with E-state index in [1.807, 2.05) is 19.1 Å². The lowest BCUT2D eigenvalue weighted by Crippen LogP contribution is -2.16. The van der Waals surface area contributed by atoms with Crippen molar-refractivity contribution >= 4 is 34.0 Å². The molecule has 148 valence electrons. The Morgan fingerprint density at radius 1 is 0.867 bits per heavy atom. The fraction of sp³-hybridized carbons (Fsp3) is 0.0417. The minimum Gasteiger partial charge on any atom is -0.478 e. The van der Waals surface area contributed by atoms with Crippen molar-refractivity contribution in [3.8, 4) is 0 Å². The SMILES string of the molecule is Cc1ccccc1C(=O)c1c(Nc2ccc(C(=O)O)cc2)[nH]c(=O)c2ccccc12. The van der Waals surface area contributed by atoms with Crippen LogP contribution in [0, 0.1) is 6.92 Å². The van der Waals surface area contributed by atoms with Crippen LogP contribution in [0.5, 0.6) is 0 Å². The number of carboxylic acid groups (broad SMARTS) is 1. The number of hydrogen-bond acceptors (Lipinski definition) is 4. The molecule has 0 fully saturated rings. The molecule has 0 bridgehead atoms. The lowest BCUT2D eigenvalue weighted by atomic mass is 9.95. The summed E-state index contributed by atoms with van der Waals surface area (Å²) in [4.78, 5) is 40.0. The number of aromatic nitrogens is 1. The number of carboxylic acids is 1. The second kappa shape index (κ2) is 7.67. The van der Waals surface area contributed by atoms with Crippen LogP contribution in [0.1, 0.15) is 31.8 Å². The minimum absolute atomic E-state index is 0.142. The van der Waals surface area contributed by atoms with E-state index in [1.165, 1.54) is 12.1 Å². The van der Waals surface area contributed by atoms with E-state index < -0.39 is 5.97 Å². The van der Waals surface area contributed by atoms with Crippen LogP contribution < -0.4 is 10.9 Å². The van der Waals surface area contributed by atoms with Crippen LogP contribution in [0.3, 0.4) is 0 Å². The number of rotatable bonds is 5. The fourth-order valence-corrected chi connectivity index (χ4v) is 3.41. The number of pyridine rings is 1. The predicted octanol–water partition coefficient (Wildman–Crippen LogP) is 4.51. The molecule has 0 saturated heterocycles. The molecule has 0 aliphatic rings. The van der Waals surface area contributed by atoms with E-state index in [1.54, 1.807) is 48.5 Å². The third kappa shape index (κ3) is 3.46. The molecule has 0 spiro atoms. The molecule has 3 N–H and O–H groups in total. The summed E-state index contributed by atoms with van der Waals surface area (Å²) in [5.74, 6) is -0.990. The van der Waals surface area contributed by atoms with Crippen LogP contribution >= 0.6 is 0 Å². The topological polar surface area (TPSA) is 99.3 Å². The summed E-state index contributed by atoms with van der Waals surface area (Å²) in [6.45, 7) is 1.86. The quantitative estimate of drug-likeness (QED) is 0.430. The molecule has 3 aromatic carbocycles. The van der Waals surface area contributed by atoms with Crippen molar-refractivity contribution in [3.05, 3.63) is 105 Å². The Bertz CT molecular complexity index is 1340. The van der Waals surface area contributed by atoms with E-state index in [0.717, 1.165) is 5.56 Å². The molecule has 4 rings (SSSR count). The van der Waals surface area contributed by atoms with Crippen molar-refractivity contribution in [3.63, 3.8) is 0 Å². The minimum atomic E-state index is -1.03. The molecule has 0 atom stereocenters. The number of aromatic carboxylic acids is 1. The Morgan fingerprint density at radius 3 is 2.17 bits per heavy atom. The maximum atomic E-state index is 13.5. The van der Waals surface area contributed by atoms with Gasteiger partial charge in [-0.15, -0.1) is 0 Å². The number of hydrogen-bond donors (Lipinski definition) is 3. The summed E-state index contributed by atoms with van der Waals surface area (Å²) in [6, 6.07) is 20.3. The highest BCUT2D eigenvalue weighted by Gasteiger charge is 2.21. The van der Waals surface area contributed by atoms with E-state index in [9.17, 15) is 14.4 Å². The largest absolute Gasteiger partial charge is 0.478 e. The second-order valence-electron chi connectivity index (χ2n) is 6.90. The van der Waals surface area contributed by atoms with Gasteiger partial charge in [-0.2, -0.15) is 0 Å². The molecule has 0 unspecified atom stereocenters. The summed E-state index contributed by atoms with van der Waals surface area (Å²) < 4.78 is 0. The summed E-state index contributed by atoms with van der Waals surface area (Å²) in [5.41, 5.74) is 2.08. The highest BCUT2D eigenvalue weighted by molar-refractivity contribution is 6.20. The zero-order valence-electron chi connectivity index (χ0n) is 16.1. The van der Waals surface area contributed by atoms with E-state index >= 15 is 0 Å². The van der Waals surface area contributed by atoms with E-state index in [0.29, 0.717) is 27.6 Å². The lowest BCUT2D eigenvalue weighted by Gasteiger charge is -2.15. The standard InChI is InChI=1S/C24H18N2O4/c1-14-6-2-3-7-17(14)21(27)20-18-8-4-5-9-19(18)23(28)26-22(20)25-16-12-10-15(11-13-16)24(29)30/h2-13H,1H3,(H,29,30)(H2,25,26,28). The molecule has 0 aliphatic carbocycles. The smallest absolute Gasteiger partial charge is 0.335 e. The van der Waals surface area contributed by atoms with E-state index in [-0.39, 0.29) is 22.7 Å². The third-order valence-electron chi connectivity index (χ3n) is 4.95. The van der Waals surface area contributed by atoms with Crippen LogP contribution in [0.15, 0.2) is 77.6 Å². The number of ketones is 1. The van der Waals surface area contributed by atoms with Crippen molar-refractivity contribution in [1.29, 1.82) is 0 Å². The predicted molar refractivity (Wildman–Crippen MR) is 116 cm³/mol. The summed E-state index contributed by atoms with van der Waals surface area (Å²) in [6.07, 6.45) is 0. The maximum Gasteiger partial charge on any atom is 0.335 e. The number of benzene rings is 3. The number of aromatic amines is 1. The van der Waals surface area contributed by atoms with Crippen LogP contribution in [-0.4, -0.2) is 21.8 Å². The van der Waals surface area contributed by atoms with Gasteiger partial charge in [0.1, 0.15) is 5.82 Å². The van der Waals surface area contributed by atoms with Crippen molar-refractivity contribution < 1.29 is 14.7 Å². The van der Waals surface area contributed by atoms with E-state index in [2.05, 4.69) is 10.3 Å². The Kier molecular flexibility index (Phi) is 4.90. The van der Waals surface area contributed by atoms with Gasteiger partial charge in [0.05, 0.1) is 11.1 Å². The summed E-state index contributed by atoms with van der Waals surface area (Å²) >= 11 is 0. The molecule has 0 saturated carbocycles. The van der Waals surface area contributed by atoms with Gasteiger partial charge in [0.15, 0.2) is 5.78 Å². The third-order valence-corrected chi connectivity index (χ3v) is 4.95. The maximum absolute atomic E-state index is 13.5. The van der Waals surface area contributed by atoms with Crippen LogP contribution in [0.4, 0.5) is 11.5 Å². The number of carbonyl (C=O) groups is 2. The zero-order valence-corrected chi connectivity index (χ0v) is 16.1. The monoisotopic (exact) mass is 398 g/mol. The first-order chi connectivity index (χ1) is 14.5.